The minimum Gasteiger partial charge on any atom is -0.496 e. The number of aromatic nitrogens is 1. The van der Waals surface area contributed by atoms with E-state index in [2.05, 4.69) is 42.2 Å². The second-order valence-electron chi connectivity index (χ2n) is 20.3. The molecule has 1 aromatic heterocycles. The van der Waals surface area contributed by atoms with Crippen molar-refractivity contribution in [1.29, 1.82) is 0 Å². The Hall–Kier alpha value is -8.79. The molecule has 3 saturated heterocycles. The summed E-state index contributed by atoms with van der Waals surface area (Å²) in [6, 6.07) is 31.5. The number of amides is 7. The molecular formula is C60H69N11O10. The van der Waals surface area contributed by atoms with Crippen LogP contribution in [0.4, 0.5) is 4.79 Å². The molecule has 6 aromatic rings. The molecule has 5 aromatic carbocycles. The van der Waals surface area contributed by atoms with Crippen LogP contribution in [0.15, 0.2) is 140 Å². The smallest absolute Gasteiger partial charge is 0.407 e. The van der Waals surface area contributed by atoms with Crippen LogP contribution in [0.3, 0.4) is 0 Å². The van der Waals surface area contributed by atoms with Gasteiger partial charge in [-0.15, -0.1) is 0 Å². The van der Waals surface area contributed by atoms with Gasteiger partial charge in [-0.2, -0.15) is 0 Å². The van der Waals surface area contributed by atoms with Crippen molar-refractivity contribution in [3.63, 3.8) is 0 Å². The molecule has 21 heteroatoms. The van der Waals surface area contributed by atoms with E-state index >= 15 is 28.8 Å². The van der Waals surface area contributed by atoms with Crippen molar-refractivity contribution < 1.29 is 47.8 Å². The number of H-pyrrole nitrogens is 1. The molecule has 0 bridgehead atoms. The van der Waals surface area contributed by atoms with Crippen LogP contribution in [-0.4, -0.2) is 152 Å². The van der Waals surface area contributed by atoms with Crippen molar-refractivity contribution in [2.24, 2.45) is 5.73 Å². The van der Waals surface area contributed by atoms with Crippen molar-refractivity contribution in [3.05, 3.63) is 167 Å². The largest absolute Gasteiger partial charge is 0.496 e. The maximum absolute atomic E-state index is 15.4. The Balaban J connectivity index is 1.12. The number of nitrogens with zero attached hydrogens (tertiary/aromatic N) is 2. The number of hydrogen-bond acceptors (Lipinski definition) is 13. The van der Waals surface area contributed by atoms with Crippen LogP contribution in [0.5, 0.6) is 11.5 Å². The second kappa shape index (κ2) is 27.4. The van der Waals surface area contributed by atoms with Crippen LogP contribution in [0, 0.1) is 0 Å². The quantitative estimate of drug-likeness (QED) is 0.0673. The average Bonchev–Trinajstić information content (AvgIpc) is 4.32. The molecule has 0 radical (unpaired) electrons. The van der Waals surface area contributed by atoms with Gasteiger partial charge in [0.1, 0.15) is 60.5 Å². The van der Waals surface area contributed by atoms with Crippen LogP contribution in [0.25, 0.3) is 10.9 Å². The summed E-state index contributed by atoms with van der Waals surface area (Å²) in [6.07, 6.45) is -0.528. The van der Waals surface area contributed by atoms with Crippen molar-refractivity contribution in [1.82, 2.24) is 52.0 Å². The number of rotatable bonds is 16. The maximum Gasteiger partial charge on any atom is 0.407 e. The van der Waals surface area contributed by atoms with Crippen molar-refractivity contribution in [2.45, 2.75) is 74.6 Å². The van der Waals surface area contributed by atoms with Gasteiger partial charge in [-0.1, -0.05) is 109 Å². The number of benzene rings is 5. The van der Waals surface area contributed by atoms with Gasteiger partial charge in [0.2, 0.25) is 35.4 Å². The first kappa shape index (κ1) is 56.9. The van der Waals surface area contributed by atoms with Crippen LogP contribution >= 0.6 is 0 Å². The van der Waals surface area contributed by atoms with Gasteiger partial charge in [-0.3, -0.25) is 33.7 Å². The van der Waals surface area contributed by atoms with Gasteiger partial charge in [0.15, 0.2) is 0 Å². The molecule has 9 rings (SSSR count). The molecular weight excluding hydrogens is 1030 g/mol. The summed E-state index contributed by atoms with van der Waals surface area (Å²) in [5, 5.41) is 21.2. The number of piperazine rings is 1. The SMILES string of the molecule is COc1cccc2[nH]cc(C[C@H]3NC(=O)[C@H](c4ccccc4)NC(=O)[C@@H]4C[C@@H](OC(=O)NCCN)CN4C(=O)[C@H](Cc4ccccc4)NC(=O)[C@H](Cc4ccc(OCc5ccccc5)cc4)NC(=O)C(CN4CCNCC4)NC3=O)c12. The average molecular weight is 1100 g/mol. The molecule has 81 heavy (non-hydrogen) atoms. The number of ether oxygens (including phenoxy) is 3. The molecule has 0 saturated carbocycles. The summed E-state index contributed by atoms with van der Waals surface area (Å²) in [5.74, 6) is -3.30. The van der Waals surface area contributed by atoms with Crippen molar-refractivity contribution in [3.8, 4) is 11.5 Å². The first-order valence-corrected chi connectivity index (χ1v) is 27.3. The Morgan fingerprint density at radius 2 is 1.25 bits per heavy atom. The molecule has 3 aliphatic rings. The lowest BCUT2D eigenvalue weighted by molar-refractivity contribution is -0.143. The number of methoxy groups -OCH3 is 1. The van der Waals surface area contributed by atoms with Crippen molar-refractivity contribution >= 4 is 52.4 Å². The van der Waals surface area contributed by atoms with Gasteiger partial charge < -0.3 is 67.0 Å². The Morgan fingerprint density at radius 1 is 0.642 bits per heavy atom. The van der Waals surface area contributed by atoms with Gasteiger partial charge >= 0.3 is 6.09 Å². The third kappa shape index (κ3) is 14.9. The zero-order chi connectivity index (χ0) is 56.7. The topological polar surface area (TPSA) is 280 Å². The first-order chi connectivity index (χ1) is 39.4. The summed E-state index contributed by atoms with van der Waals surface area (Å²) >= 11 is 0. The standard InChI is InChI=1S/C60H69N11O10/c1-79-51-19-11-18-45-52(51)42(34-64-45)32-47-55(73)68-49(36-70-28-26-62-27-29-70)56(74)65-46(30-39-20-22-43(23-21-39)80-37-40-14-7-3-8-15-40)54(72)67-48(31-38-12-5-2-6-13-38)59(77)71-35-44(81-60(78)63-25-24-61)33-50(71)57(75)69-53(58(76)66-47)41-16-9-4-10-17-41/h2-23,34,44,46-50,53,62,64H,24-33,35-37,61H2,1H3,(H,63,78)(H,65,74)(H,66,76)(H,67,72)(H,68,73)(H,69,75)/t44-,46+,47-,48+,49?,50+,53+/m1/s1. The summed E-state index contributed by atoms with van der Waals surface area (Å²) < 4.78 is 17.6. The lowest BCUT2D eigenvalue weighted by Gasteiger charge is -2.33. The highest BCUT2D eigenvalue weighted by molar-refractivity contribution is 5.99. The number of fused-ring (bicyclic) bond motifs is 2. The fourth-order valence-electron chi connectivity index (χ4n) is 10.5. The Kier molecular flexibility index (Phi) is 19.2. The van der Waals surface area contributed by atoms with Crippen molar-refractivity contribution in [2.75, 3.05) is 59.5 Å². The van der Waals surface area contributed by atoms with E-state index in [0.717, 1.165) is 5.56 Å². The minimum absolute atomic E-state index is 0.0320. The van der Waals surface area contributed by atoms with Gasteiger partial charge in [0.05, 0.1) is 13.7 Å². The van der Waals surface area contributed by atoms with E-state index < -0.39 is 83.9 Å². The van der Waals surface area contributed by atoms with Crippen LogP contribution < -0.4 is 52.4 Å². The highest BCUT2D eigenvalue weighted by atomic mass is 16.6. The number of nitrogens with two attached hydrogens (primary N) is 1. The summed E-state index contributed by atoms with van der Waals surface area (Å²) in [4.78, 5) is 111. The Bertz CT molecular complexity index is 3120. The molecule has 1 unspecified atom stereocenters. The van der Waals surface area contributed by atoms with Gasteiger partial charge in [0.25, 0.3) is 0 Å². The molecule has 4 heterocycles. The van der Waals surface area contributed by atoms with Crippen LogP contribution in [0.1, 0.15) is 40.3 Å². The number of carbonyl (C=O) groups excluding carboxylic acids is 7. The van der Waals surface area contributed by atoms with E-state index in [9.17, 15) is 4.79 Å². The van der Waals surface area contributed by atoms with E-state index in [1.54, 1.807) is 91.1 Å². The van der Waals surface area contributed by atoms with Gasteiger partial charge in [-0.25, -0.2) is 4.79 Å². The van der Waals surface area contributed by atoms with E-state index in [4.69, 9.17) is 19.9 Å². The fraction of sp³-hybridized carbons (Fsp3) is 0.350. The van der Waals surface area contributed by atoms with E-state index in [-0.39, 0.29) is 51.9 Å². The summed E-state index contributed by atoms with van der Waals surface area (Å²) in [6.45, 7) is 2.64. The lowest BCUT2D eigenvalue weighted by atomic mass is 10.00. The second-order valence-corrected chi connectivity index (χ2v) is 20.3. The van der Waals surface area contributed by atoms with Gasteiger partial charge in [-0.05, 0) is 52.1 Å². The molecule has 424 valence electrons. The number of carbonyl (C=O) groups is 7. The number of nitrogens with one attached hydrogen (secondary N) is 8. The zero-order valence-electron chi connectivity index (χ0n) is 45.1. The monoisotopic (exact) mass is 1100 g/mol. The van der Waals surface area contributed by atoms with Gasteiger partial charge in [0, 0.05) is 88.6 Å². The van der Waals surface area contributed by atoms with Crippen LogP contribution in [-0.2, 0) is 59.4 Å². The Morgan fingerprint density at radius 3 is 1.94 bits per heavy atom. The predicted molar refractivity (Wildman–Crippen MR) is 301 cm³/mol. The molecule has 3 fully saturated rings. The lowest BCUT2D eigenvalue weighted by Crippen LogP contribution is -2.63. The molecule has 10 N–H and O–H groups in total. The number of alkyl carbamates (subject to hydrolysis) is 1. The minimum atomic E-state index is -1.44. The molecule has 0 aliphatic carbocycles. The summed E-state index contributed by atoms with van der Waals surface area (Å²) in [5.41, 5.74) is 9.58. The number of hydrogen-bond donors (Lipinski definition) is 9. The molecule has 3 aliphatic heterocycles. The fourth-order valence-corrected chi connectivity index (χ4v) is 10.5. The zero-order valence-corrected chi connectivity index (χ0v) is 45.1. The molecule has 7 atom stereocenters. The normalized spacial score (nSPS) is 22.4. The first-order valence-electron chi connectivity index (χ1n) is 27.3. The molecule has 7 amide bonds. The predicted octanol–water partition coefficient (Wildman–Crippen LogP) is 2.15. The van der Waals surface area contributed by atoms with E-state index in [1.807, 2.05) is 53.4 Å². The van der Waals surface area contributed by atoms with Crippen LogP contribution in [0.2, 0.25) is 0 Å². The van der Waals surface area contributed by atoms with E-state index in [1.165, 1.54) is 12.0 Å². The highest BCUT2D eigenvalue weighted by Crippen LogP contribution is 2.30. The molecule has 21 nitrogen and oxygen atoms in total. The van der Waals surface area contributed by atoms with E-state index in [0.29, 0.717) is 77.4 Å². The number of aromatic amines is 1. The Labute approximate surface area is 469 Å². The summed E-state index contributed by atoms with van der Waals surface area (Å²) in [7, 11) is 1.53. The molecule has 0 spiro atoms. The third-order valence-corrected chi connectivity index (χ3v) is 14.7. The third-order valence-electron chi connectivity index (χ3n) is 14.7. The maximum atomic E-state index is 15.4. The highest BCUT2D eigenvalue weighted by Gasteiger charge is 2.45.